The van der Waals surface area contributed by atoms with Crippen LogP contribution in [0.2, 0.25) is 0 Å². The summed E-state index contributed by atoms with van der Waals surface area (Å²) in [7, 11) is 0. The lowest BCUT2D eigenvalue weighted by Crippen LogP contribution is -2.14. The lowest BCUT2D eigenvalue weighted by molar-refractivity contribution is -0.131. The Bertz CT molecular complexity index is 583. The van der Waals surface area contributed by atoms with E-state index in [1.165, 1.54) is 12.2 Å². The van der Waals surface area contributed by atoms with E-state index in [4.69, 9.17) is 5.73 Å². The molecule has 1 aliphatic carbocycles. The normalized spacial score (nSPS) is 15.6. The summed E-state index contributed by atoms with van der Waals surface area (Å²) in [5.74, 6) is -0.475. The molecular formula is C15H14N2O2. The van der Waals surface area contributed by atoms with Crippen LogP contribution >= 0.6 is 0 Å². The minimum absolute atomic E-state index is 0.475. The molecule has 0 unspecified atom stereocenters. The molecule has 1 aromatic carbocycles. The van der Waals surface area contributed by atoms with Crippen molar-refractivity contribution < 1.29 is 9.59 Å². The van der Waals surface area contributed by atoms with Crippen LogP contribution in [0.1, 0.15) is 12.0 Å². The summed E-state index contributed by atoms with van der Waals surface area (Å²) < 4.78 is 0. The van der Waals surface area contributed by atoms with Crippen LogP contribution in [-0.2, 0) is 9.59 Å². The number of ketones is 2. The molecule has 2 N–H and O–H groups in total. The van der Waals surface area contributed by atoms with E-state index in [0.29, 0.717) is 18.8 Å². The van der Waals surface area contributed by atoms with E-state index in [0.717, 1.165) is 11.1 Å². The van der Waals surface area contributed by atoms with E-state index in [1.54, 1.807) is 6.08 Å². The lowest BCUT2D eigenvalue weighted by Gasteiger charge is -2.04. The van der Waals surface area contributed by atoms with Crippen LogP contribution in [0.3, 0.4) is 0 Å². The summed E-state index contributed by atoms with van der Waals surface area (Å²) in [6.07, 6.45) is 4.89. The van der Waals surface area contributed by atoms with Gasteiger partial charge in [0, 0.05) is 12.1 Å². The number of hydrogen-bond donors (Lipinski definition) is 1. The highest BCUT2D eigenvalue weighted by atomic mass is 16.2. The predicted octanol–water partition coefficient (Wildman–Crippen LogP) is 1.42. The summed E-state index contributed by atoms with van der Waals surface area (Å²) in [6.45, 7) is 0.484. The van der Waals surface area contributed by atoms with Crippen molar-refractivity contribution in [3.05, 3.63) is 59.7 Å². The van der Waals surface area contributed by atoms with Gasteiger partial charge in [0.05, 0.1) is 0 Å². The number of allylic oxidation sites excluding steroid dienone is 3. The number of amidine groups is 1. The highest BCUT2D eigenvalue weighted by Crippen LogP contribution is 2.09. The van der Waals surface area contributed by atoms with Crippen molar-refractivity contribution in [3.8, 4) is 0 Å². The summed E-state index contributed by atoms with van der Waals surface area (Å²) in [5, 5.41) is 0. The van der Waals surface area contributed by atoms with Crippen molar-refractivity contribution in [2.24, 2.45) is 10.7 Å². The van der Waals surface area contributed by atoms with Gasteiger partial charge in [-0.2, -0.15) is 0 Å². The van der Waals surface area contributed by atoms with Crippen LogP contribution < -0.4 is 5.73 Å². The third-order valence-electron chi connectivity index (χ3n) is 2.76. The first-order valence-corrected chi connectivity index (χ1v) is 5.99. The second kappa shape index (κ2) is 5.91. The zero-order chi connectivity index (χ0) is 13.7. The Labute approximate surface area is 111 Å². The average Bonchev–Trinajstić information content (AvgIpc) is 2.43. The van der Waals surface area contributed by atoms with E-state index in [9.17, 15) is 9.59 Å². The molecule has 1 aromatic rings. The molecule has 4 heteroatoms. The molecule has 0 radical (unpaired) electrons. The Hall–Kier alpha value is -2.49. The summed E-state index contributed by atoms with van der Waals surface area (Å²) in [4.78, 5) is 26.4. The molecule has 2 rings (SSSR count). The lowest BCUT2D eigenvalue weighted by atomic mass is 10.0. The maximum Gasteiger partial charge on any atom is 0.225 e. The van der Waals surface area contributed by atoms with E-state index >= 15 is 0 Å². The molecule has 0 fully saturated rings. The highest BCUT2D eigenvalue weighted by Gasteiger charge is 2.12. The van der Waals surface area contributed by atoms with Gasteiger partial charge in [-0.3, -0.25) is 14.6 Å². The Kier molecular flexibility index (Phi) is 4.03. The SMILES string of the molecule is NC(=NCCC1=CC(=O)C(=O)C=C1)c1ccccc1. The number of hydrogen-bond acceptors (Lipinski definition) is 3. The molecule has 1 aliphatic rings. The van der Waals surface area contributed by atoms with Gasteiger partial charge >= 0.3 is 0 Å². The predicted molar refractivity (Wildman–Crippen MR) is 73.9 cm³/mol. The molecule has 0 aromatic heterocycles. The number of aliphatic imine (C=N–C) groups is 1. The summed E-state index contributed by atoms with van der Waals surface area (Å²) in [5.41, 5.74) is 7.53. The number of nitrogens with two attached hydrogens (primary N) is 1. The van der Waals surface area contributed by atoms with Crippen molar-refractivity contribution in [2.45, 2.75) is 6.42 Å². The van der Waals surface area contributed by atoms with Crippen molar-refractivity contribution in [3.63, 3.8) is 0 Å². The van der Waals surface area contributed by atoms with Crippen LogP contribution in [0.5, 0.6) is 0 Å². The Morgan fingerprint density at radius 3 is 2.47 bits per heavy atom. The number of rotatable bonds is 4. The fourth-order valence-corrected chi connectivity index (χ4v) is 1.71. The van der Waals surface area contributed by atoms with Gasteiger partial charge in [0.2, 0.25) is 11.6 Å². The molecule has 0 amide bonds. The van der Waals surface area contributed by atoms with E-state index in [2.05, 4.69) is 4.99 Å². The van der Waals surface area contributed by atoms with Crippen molar-refractivity contribution in [1.82, 2.24) is 0 Å². The van der Waals surface area contributed by atoms with Gasteiger partial charge in [0.1, 0.15) is 5.84 Å². The number of nitrogens with zero attached hydrogens (tertiary/aromatic N) is 1. The highest BCUT2D eigenvalue weighted by molar-refractivity contribution is 6.46. The van der Waals surface area contributed by atoms with E-state index < -0.39 is 11.6 Å². The fraction of sp³-hybridized carbons (Fsp3) is 0.133. The third-order valence-corrected chi connectivity index (χ3v) is 2.76. The average molecular weight is 254 g/mol. The van der Waals surface area contributed by atoms with Gasteiger partial charge in [0.25, 0.3) is 0 Å². The number of carbonyl (C=O) groups excluding carboxylic acids is 2. The topological polar surface area (TPSA) is 72.5 Å². The molecule has 0 saturated heterocycles. The van der Waals surface area contributed by atoms with Crippen LogP contribution in [0.4, 0.5) is 0 Å². The molecular weight excluding hydrogens is 240 g/mol. The fourth-order valence-electron chi connectivity index (χ4n) is 1.71. The summed E-state index contributed by atoms with van der Waals surface area (Å²) >= 11 is 0. The van der Waals surface area contributed by atoms with Gasteiger partial charge < -0.3 is 5.73 Å². The third kappa shape index (κ3) is 3.48. The first-order chi connectivity index (χ1) is 9.16. The zero-order valence-corrected chi connectivity index (χ0v) is 10.4. The van der Waals surface area contributed by atoms with Gasteiger partial charge in [-0.1, -0.05) is 36.4 Å². The molecule has 96 valence electrons. The first kappa shape index (κ1) is 13.0. The van der Waals surface area contributed by atoms with Crippen LogP contribution in [0, 0.1) is 0 Å². The monoisotopic (exact) mass is 254 g/mol. The smallest absolute Gasteiger partial charge is 0.225 e. The first-order valence-electron chi connectivity index (χ1n) is 5.99. The zero-order valence-electron chi connectivity index (χ0n) is 10.4. The van der Waals surface area contributed by atoms with Gasteiger partial charge in [0.15, 0.2) is 0 Å². The Morgan fingerprint density at radius 1 is 1.05 bits per heavy atom. The second-order valence-corrected chi connectivity index (χ2v) is 4.16. The van der Waals surface area contributed by atoms with Gasteiger partial charge in [-0.15, -0.1) is 0 Å². The van der Waals surface area contributed by atoms with Crippen LogP contribution in [0.15, 0.2) is 59.1 Å². The molecule has 0 atom stereocenters. The molecule has 0 saturated carbocycles. The van der Waals surface area contributed by atoms with Crippen LogP contribution in [0.25, 0.3) is 0 Å². The molecule has 0 spiro atoms. The van der Waals surface area contributed by atoms with Crippen molar-refractivity contribution >= 4 is 17.4 Å². The minimum Gasteiger partial charge on any atom is -0.384 e. The summed E-state index contributed by atoms with van der Waals surface area (Å²) in [6, 6.07) is 9.49. The Morgan fingerprint density at radius 2 is 1.79 bits per heavy atom. The maximum atomic E-state index is 11.2. The quantitative estimate of drug-likeness (QED) is 0.382. The second-order valence-electron chi connectivity index (χ2n) is 4.16. The molecule has 0 bridgehead atoms. The number of benzene rings is 1. The minimum atomic E-state index is -0.476. The van der Waals surface area contributed by atoms with Crippen molar-refractivity contribution in [2.75, 3.05) is 6.54 Å². The van der Waals surface area contributed by atoms with Gasteiger partial charge in [-0.25, -0.2) is 0 Å². The van der Waals surface area contributed by atoms with E-state index in [-0.39, 0.29) is 0 Å². The molecule has 0 heterocycles. The molecule has 0 aliphatic heterocycles. The number of carbonyl (C=O) groups is 2. The molecule has 19 heavy (non-hydrogen) atoms. The standard InChI is InChI=1S/C15H14N2O2/c16-15(12-4-2-1-3-5-12)17-9-8-11-6-7-13(18)14(19)10-11/h1-7,10H,8-9H2,(H2,16,17). The largest absolute Gasteiger partial charge is 0.384 e. The Balaban J connectivity index is 1.94. The molecule has 4 nitrogen and oxygen atoms in total. The van der Waals surface area contributed by atoms with E-state index in [1.807, 2.05) is 30.3 Å². The van der Waals surface area contributed by atoms with Crippen LogP contribution in [-0.4, -0.2) is 23.9 Å². The van der Waals surface area contributed by atoms with Crippen molar-refractivity contribution in [1.29, 1.82) is 0 Å². The maximum absolute atomic E-state index is 11.2. The van der Waals surface area contributed by atoms with Gasteiger partial charge in [-0.05, 0) is 24.1 Å².